The molecule has 1 unspecified atom stereocenters. The Kier molecular flexibility index (Phi) is 4.68. The Hall–Kier alpha value is -3.06. The fourth-order valence-electron chi connectivity index (χ4n) is 3.53. The van der Waals surface area contributed by atoms with E-state index in [-0.39, 0.29) is 30.9 Å². The molecule has 5 amide bonds. The van der Waals surface area contributed by atoms with Gasteiger partial charge in [-0.2, -0.15) is 0 Å². The molecule has 8 heteroatoms. The maximum absolute atomic E-state index is 12.2. The van der Waals surface area contributed by atoms with Crippen LogP contribution in [0.4, 0.5) is 21.0 Å². The van der Waals surface area contributed by atoms with Crippen LogP contribution in [0.25, 0.3) is 11.1 Å². The number of rotatable bonds is 3. The van der Waals surface area contributed by atoms with E-state index in [1.807, 2.05) is 43.3 Å². The maximum Gasteiger partial charge on any atom is 0.328 e. The van der Waals surface area contributed by atoms with Crippen LogP contribution in [0, 0.1) is 0 Å². The number of halogens is 1. The average molecular weight is 399 g/mol. The number of carbonyl (C=O) groups excluding carboxylic acids is 3. The van der Waals surface area contributed by atoms with Gasteiger partial charge in [0.2, 0.25) is 5.91 Å². The van der Waals surface area contributed by atoms with Crippen molar-refractivity contribution in [3.8, 4) is 11.1 Å². The highest BCUT2D eigenvalue weighted by Gasteiger charge is 2.29. The number of hydrogen-bond acceptors (Lipinski definition) is 3. The summed E-state index contributed by atoms with van der Waals surface area (Å²) in [4.78, 5) is 38.7. The van der Waals surface area contributed by atoms with E-state index in [0.29, 0.717) is 17.3 Å². The van der Waals surface area contributed by atoms with Crippen molar-refractivity contribution in [1.82, 2.24) is 10.6 Å². The fraction of sp³-hybridized carbons (Fsp3) is 0.250. The number of nitrogens with zero attached hydrogens (tertiary/aromatic N) is 2. The molecule has 2 heterocycles. The molecule has 2 fully saturated rings. The second-order valence-corrected chi connectivity index (χ2v) is 7.22. The number of carbonyl (C=O) groups is 3. The average Bonchev–Trinajstić information content (AvgIpc) is 3.01. The lowest BCUT2D eigenvalue weighted by atomic mass is 10.0. The van der Waals surface area contributed by atoms with Crippen molar-refractivity contribution in [3.63, 3.8) is 0 Å². The zero-order valence-corrected chi connectivity index (χ0v) is 16.0. The summed E-state index contributed by atoms with van der Waals surface area (Å²) >= 11 is 6.61. The number of imide groups is 1. The largest absolute Gasteiger partial charge is 0.336 e. The van der Waals surface area contributed by atoms with E-state index in [0.717, 1.165) is 16.8 Å². The van der Waals surface area contributed by atoms with Crippen LogP contribution in [0.5, 0.6) is 0 Å². The summed E-state index contributed by atoms with van der Waals surface area (Å²) < 4.78 is 0. The monoisotopic (exact) mass is 398 g/mol. The molecule has 2 aromatic rings. The molecule has 0 radical (unpaired) electrons. The smallest absolute Gasteiger partial charge is 0.328 e. The minimum absolute atomic E-state index is 0.0885. The lowest BCUT2D eigenvalue weighted by Gasteiger charge is -2.28. The third-order valence-electron chi connectivity index (χ3n) is 4.99. The standard InChI is InChI=1S/C20H19ClN4O3/c1-12-11-22-19(27)25(12)14-7-5-13(6-8-14)15-3-2-4-16(18(15)21)24-10-9-17(26)23-20(24)28/h2-8,12H,9-11H2,1H3,(H,22,27)(H,23,26,28). The molecule has 2 aromatic carbocycles. The van der Waals surface area contributed by atoms with Gasteiger partial charge in [0.05, 0.1) is 16.8 Å². The predicted molar refractivity (Wildman–Crippen MR) is 108 cm³/mol. The quantitative estimate of drug-likeness (QED) is 0.831. The Morgan fingerprint density at radius 2 is 1.79 bits per heavy atom. The first-order valence-corrected chi connectivity index (χ1v) is 9.41. The van der Waals surface area contributed by atoms with Crippen molar-refractivity contribution in [1.29, 1.82) is 0 Å². The maximum atomic E-state index is 12.2. The van der Waals surface area contributed by atoms with Crippen molar-refractivity contribution < 1.29 is 14.4 Å². The molecular weight excluding hydrogens is 380 g/mol. The van der Waals surface area contributed by atoms with Gasteiger partial charge in [-0.15, -0.1) is 0 Å². The highest BCUT2D eigenvalue weighted by atomic mass is 35.5. The molecule has 0 spiro atoms. The van der Waals surface area contributed by atoms with Crippen LogP contribution in [0.1, 0.15) is 13.3 Å². The molecule has 2 aliphatic rings. The lowest BCUT2D eigenvalue weighted by Crippen LogP contribution is -2.49. The van der Waals surface area contributed by atoms with E-state index in [4.69, 9.17) is 11.6 Å². The molecule has 0 saturated carbocycles. The van der Waals surface area contributed by atoms with Gasteiger partial charge >= 0.3 is 12.1 Å². The summed E-state index contributed by atoms with van der Waals surface area (Å²) in [6, 6.07) is 12.5. The normalized spacial score (nSPS) is 19.6. The SMILES string of the molecule is CC1CNC(=O)N1c1ccc(-c2cccc(N3CCC(=O)NC3=O)c2Cl)cc1. The molecule has 0 aliphatic carbocycles. The van der Waals surface area contributed by atoms with Crippen LogP contribution in [0.2, 0.25) is 5.02 Å². The first-order valence-electron chi connectivity index (χ1n) is 9.03. The number of amides is 5. The van der Waals surface area contributed by atoms with Gasteiger partial charge in [0.25, 0.3) is 0 Å². The number of urea groups is 2. The van der Waals surface area contributed by atoms with Gasteiger partial charge in [0.15, 0.2) is 0 Å². The highest BCUT2D eigenvalue weighted by Crippen LogP contribution is 2.37. The molecule has 28 heavy (non-hydrogen) atoms. The van der Waals surface area contributed by atoms with Crippen LogP contribution in [0.3, 0.4) is 0 Å². The molecule has 4 rings (SSSR count). The van der Waals surface area contributed by atoms with Crippen LogP contribution < -0.4 is 20.4 Å². The predicted octanol–water partition coefficient (Wildman–Crippen LogP) is 3.37. The Bertz CT molecular complexity index is 960. The van der Waals surface area contributed by atoms with Gasteiger partial charge in [-0.05, 0) is 30.7 Å². The van der Waals surface area contributed by atoms with Gasteiger partial charge in [0, 0.05) is 30.8 Å². The third-order valence-corrected chi connectivity index (χ3v) is 5.39. The molecule has 1 atom stereocenters. The molecule has 2 saturated heterocycles. The Morgan fingerprint density at radius 1 is 1.04 bits per heavy atom. The second kappa shape index (κ2) is 7.16. The summed E-state index contributed by atoms with van der Waals surface area (Å²) in [7, 11) is 0. The van der Waals surface area contributed by atoms with Gasteiger partial charge < -0.3 is 5.32 Å². The summed E-state index contributed by atoms with van der Waals surface area (Å²) in [5, 5.41) is 5.57. The number of anilines is 2. The second-order valence-electron chi connectivity index (χ2n) is 6.85. The first kappa shape index (κ1) is 18.3. The molecule has 2 N–H and O–H groups in total. The third kappa shape index (κ3) is 3.18. The van der Waals surface area contributed by atoms with Crippen LogP contribution >= 0.6 is 11.6 Å². The van der Waals surface area contributed by atoms with E-state index in [9.17, 15) is 14.4 Å². The summed E-state index contributed by atoms with van der Waals surface area (Å²) in [6.45, 7) is 2.89. The molecule has 2 aliphatic heterocycles. The first-order chi connectivity index (χ1) is 13.5. The van der Waals surface area contributed by atoms with E-state index in [2.05, 4.69) is 10.6 Å². The molecular formula is C20H19ClN4O3. The fourth-order valence-corrected chi connectivity index (χ4v) is 3.87. The number of hydrogen-bond donors (Lipinski definition) is 2. The van der Waals surface area contributed by atoms with Crippen molar-refractivity contribution >= 4 is 40.9 Å². The molecule has 7 nitrogen and oxygen atoms in total. The minimum Gasteiger partial charge on any atom is -0.336 e. The van der Waals surface area contributed by atoms with Crippen molar-refractivity contribution in [2.75, 3.05) is 22.9 Å². The Balaban J connectivity index is 1.64. The van der Waals surface area contributed by atoms with E-state index < -0.39 is 6.03 Å². The van der Waals surface area contributed by atoms with E-state index >= 15 is 0 Å². The topological polar surface area (TPSA) is 81.8 Å². The van der Waals surface area contributed by atoms with Crippen molar-refractivity contribution in [2.24, 2.45) is 0 Å². The van der Waals surface area contributed by atoms with E-state index in [1.54, 1.807) is 11.0 Å². The van der Waals surface area contributed by atoms with Crippen LogP contribution in [-0.2, 0) is 4.79 Å². The lowest BCUT2D eigenvalue weighted by molar-refractivity contribution is -0.120. The zero-order chi connectivity index (χ0) is 19.8. The number of nitrogens with one attached hydrogen (secondary N) is 2. The van der Waals surface area contributed by atoms with Gasteiger partial charge in [-0.3, -0.25) is 19.9 Å². The zero-order valence-electron chi connectivity index (χ0n) is 15.2. The Morgan fingerprint density at radius 3 is 2.43 bits per heavy atom. The minimum atomic E-state index is -0.473. The molecule has 0 aromatic heterocycles. The van der Waals surface area contributed by atoms with Crippen LogP contribution in [0.15, 0.2) is 42.5 Å². The van der Waals surface area contributed by atoms with Gasteiger partial charge in [-0.1, -0.05) is 35.9 Å². The van der Waals surface area contributed by atoms with Crippen molar-refractivity contribution in [3.05, 3.63) is 47.5 Å². The molecule has 144 valence electrons. The summed E-state index contributed by atoms with van der Waals surface area (Å²) in [6.07, 6.45) is 0.233. The van der Waals surface area contributed by atoms with Gasteiger partial charge in [-0.25, -0.2) is 9.59 Å². The highest BCUT2D eigenvalue weighted by molar-refractivity contribution is 6.36. The number of benzene rings is 2. The molecule has 0 bridgehead atoms. The van der Waals surface area contributed by atoms with Crippen LogP contribution in [-0.4, -0.2) is 37.1 Å². The summed E-state index contributed by atoms with van der Waals surface area (Å²) in [5.74, 6) is -0.288. The van der Waals surface area contributed by atoms with Crippen molar-refractivity contribution in [2.45, 2.75) is 19.4 Å². The van der Waals surface area contributed by atoms with E-state index in [1.165, 1.54) is 4.90 Å². The van der Waals surface area contributed by atoms with Gasteiger partial charge in [0.1, 0.15) is 0 Å². The summed E-state index contributed by atoms with van der Waals surface area (Å²) in [5.41, 5.74) is 3.01. The Labute approximate surface area is 167 Å².